The lowest BCUT2D eigenvalue weighted by Crippen LogP contribution is -2.09. The number of benzene rings is 1. The first-order valence-corrected chi connectivity index (χ1v) is 5.20. The van der Waals surface area contributed by atoms with Gasteiger partial charge in [0.15, 0.2) is 0 Å². The molecular formula is C10H8BrF3O3. The summed E-state index contributed by atoms with van der Waals surface area (Å²) in [5.74, 6) is -1.13. The summed E-state index contributed by atoms with van der Waals surface area (Å²) in [5.41, 5.74) is -0.942. The molecule has 0 bridgehead atoms. The predicted octanol–water partition coefficient (Wildman–Crippen LogP) is 3.10. The third-order valence-electron chi connectivity index (χ3n) is 1.99. The van der Waals surface area contributed by atoms with E-state index in [1.165, 1.54) is 7.11 Å². The molecule has 0 fully saturated rings. The Hall–Kier alpha value is -1.24. The van der Waals surface area contributed by atoms with Crippen molar-refractivity contribution in [1.82, 2.24) is 0 Å². The Labute approximate surface area is 103 Å². The molecule has 0 aliphatic carbocycles. The first-order chi connectivity index (χ1) is 7.75. The molecule has 3 nitrogen and oxygen atoms in total. The molecule has 94 valence electrons. The standard InChI is InChI=1S/C10H8BrF3O3/c1-17-9-5(3-8(15)16)2-6(4-7(9)11)10(12,13)14/h2,4H,3H2,1H3,(H,15,16). The van der Waals surface area contributed by atoms with Crippen LogP contribution in [0, 0.1) is 0 Å². The van der Waals surface area contributed by atoms with Crippen LogP contribution < -0.4 is 4.74 Å². The average Bonchev–Trinajstić information content (AvgIpc) is 2.14. The number of hydrogen-bond acceptors (Lipinski definition) is 2. The Morgan fingerprint density at radius 2 is 2.06 bits per heavy atom. The van der Waals surface area contributed by atoms with Gasteiger partial charge in [0.05, 0.1) is 23.6 Å². The number of aliphatic carboxylic acids is 1. The lowest BCUT2D eigenvalue weighted by atomic mass is 10.1. The van der Waals surface area contributed by atoms with Crippen molar-refractivity contribution in [1.29, 1.82) is 0 Å². The molecule has 7 heteroatoms. The van der Waals surface area contributed by atoms with Crippen molar-refractivity contribution >= 4 is 21.9 Å². The Balaban J connectivity index is 3.33. The van der Waals surface area contributed by atoms with Gasteiger partial charge < -0.3 is 9.84 Å². The molecule has 1 aromatic carbocycles. The smallest absolute Gasteiger partial charge is 0.416 e. The van der Waals surface area contributed by atoms with Gasteiger partial charge in [-0.2, -0.15) is 13.2 Å². The number of alkyl halides is 3. The summed E-state index contributed by atoms with van der Waals surface area (Å²) in [4.78, 5) is 10.6. The van der Waals surface area contributed by atoms with E-state index in [4.69, 9.17) is 9.84 Å². The first-order valence-electron chi connectivity index (χ1n) is 4.41. The Kier molecular flexibility index (Phi) is 4.03. The lowest BCUT2D eigenvalue weighted by Gasteiger charge is -2.13. The van der Waals surface area contributed by atoms with Crippen molar-refractivity contribution in [2.45, 2.75) is 12.6 Å². The van der Waals surface area contributed by atoms with E-state index in [1.807, 2.05) is 0 Å². The van der Waals surface area contributed by atoms with E-state index in [2.05, 4.69) is 15.9 Å². The van der Waals surface area contributed by atoms with Crippen LogP contribution in [0.2, 0.25) is 0 Å². The summed E-state index contributed by atoms with van der Waals surface area (Å²) in [7, 11) is 1.26. The molecule has 0 heterocycles. The van der Waals surface area contributed by atoms with Gasteiger partial charge in [-0.15, -0.1) is 0 Å². The number of halogens is 4. The topological polar surface area (TPSA) is 46.5 Å². The highest BCUT2D eigenvalue weighted by molar-refractivity contribution is 9.10. The van der Waals surface area contributed by atoms with Gasteiger partial charge in [0.1, 0.15) is 5.75 Å². The van der Waals surface area contributed by atoms with Crippen molar-refractivity contribution in [3.8, 4) is 5.75 Å². The fraction of sp³-hybridized carbons (Fsp3) is 0.300. The van der Waals surface area contributed by atoms with Gasteiger partial charge in [-0.05, 0) is 28.1 Å². The van der Waals surface area contributed by atoms with E-state index < -0.39 is 24.1 Å². The second-order valence-corrected chi connectivity index (χ2v) is 4.07. The van der Waals surface area contributed by atoms with Gasteiger partial charge >= 0.3 is 12.1 Å². The average molecular weight is 313 g/mol. The van der Waals surface area contributed by atoms with Crippen LogP contribution in [0.4, 0.5) is 13.2 Å². The van der Waals surface area contributed by atoms with Crippen LogP contribution in [-0.4, -0.2) is 18.2 Å². The molecule has 0 unspecified atom stereocenters. The monoisotopic (exact) mass is 312 g/mol. The van der Waals surface area contributed by atoms with Crippen LogP contribution in [0.1, 0.15) is 11.1 Å². The van der Waals surface area contributed by atoms with E-state index in [0.717, 1.165) is 12.1 Å². The highest BCUT2D eigenvalue weighted by Gasteiger charge is 2.32. The number of hydrogen-bond donors (Lipinski definition) is 1. The maximum atomic E-state index is 12.5. The second-order valence-electron chi connectivity index (χ2n) is 3.22. The molecule has 17 heavy (non-hydrogen) atoms. The normalized spacial score (nSPS) is 11.4. The van der Waals surface area contributed by atoms with Crippen LogP contribution >= 0.6 is 15.9 Å². The second kappa shape index (κ2) is 4.95. The zero-order chi connectivity index (χ0) is 13.2. The van der Waals surface area contributed by atoms with E-state index in [1.54, 1.807) is 0 Å². The summed E-state index contributed by atoms with van der Waals surface area (Å²) < 4.78 is 42.5. The number of rotatable bonds is 3. The molecule has 0 saturated carbocycles. The van der Waals surface area contributed by atoms with Crippen molar-refractivity contribution in [2.75, 3.05) is 7.11 Å². The zero-order valence-electron chi connectivity index (χ0n) is 8.64. The van der Waals surface area contributed by atoms with Crippen LogP contribution in [-0.2, 0) is 17.4 Å². The molecule has 0 saturated heterocycles. The lowest BCUT2D eigenvalue weighted by molar-refractivity contribution is -0.138. The van der Waals surface area contributed by atoms with Crippen molar-refractivity contribution in [3.05, 3.63) is 27.7 Å². The minimum atomic E-state index is -4.53. The molecule has 0 aliphatic rings. The summed E-state index contributed by atoms with van der Waals surface area (Å²) in [6.45, 7) is 0. The SMILES string of the molecule is COc1c(Br)cc(C(F)(F)F)cc1CC(=O)O. The highest BCUT2D eigenvalue weighted by Crippen LogP contribution is 2.37. The highest BCUT2D eigenvalue weighted by atomic mass is 79.9. The van der Waals surface area contributed by atoms with Crippen molar-refractivity contribution in [2.24, 2.45) is 0 Å². The maximum absolute atomic E-state index is 12.5. The number of methoxy groups -OCH3 is 1. The summed E-state index contributed by atoms with van der Waals surface area (Å²) >= 11 is 2.92. The molecule has 0 amide bonds. The fourth-order valence-corrected chi connectivity index (χ4v) is 2.00. The molecule has 0 aromatic heterocycles. The van der Waals surface area contributed by atoms with Crippen molar-refractivity contribution in [3.63, 3.8) is 0 Å². The zero-order valence-corrected chi connectivity index (χ0v) is 10.2. The first kappa shape index (κ1) is 13.8. The van der Waals surface area contributed by atoms with Gasteiger partial charge in [-0.1, -0.05) is 0 Å². The van der Waals surface area contributed by atoms with Crippen LogP contribution in [0.25, 0.3) is 0 Å². The third kappa shape index (κ3) is 3.36. The molecule has 1 N–H and O–H groups in total. The summed E-state index contributed by atoms with van der Waals surface area (Å²) in [6, 6.07) is 1.63. The molecule has 1 aromatic rings. The Morgan fingerprint density at radius 3 is 2.47 bits per heavy atom. The molecule has 0 spiro atoms. The minimum Gasteiger partial charge on any atom is -0.495 e. The number of carboxylic acids is 1. The van der Waals surface area contributed by atoms with Crippen LogP contribution in [0.5, 0.6) is 5.75 Å². The molecule has 1 rings (SSSR count). The van der Waals surface area contributed by atoms with Gasteiger partial charge in [0.25, 0.3) is 0 Å². The van der Waals surface area contributed by atoms with Gasteiger partial charge in [-0.3, -0.25) is 4.79 Å². The van der Waals surface area contributed by atoms with E-state index in [-0.39, 0.29) is 15.8 Å². The molecule has 0 atom stereocenters. The Morgan fingerprint density at radius 1 is 1.47 bits per heavy atom. The van der Waals surface area contributed by atoms with Gasteiger partial charge in [-0.25, -0.2) is 0 Å². The number of ether oxygens (including phenoxy) is 1. The number of carboxylic acid groups (broad SMARTS) is 1. The summed E-state index contributed by atoms with van der Waals surface area (Å²) in [5, 5.41) is 8.62. The predicted molar refractivity (Wildman–Crippen MR) is 57.0 cm³/mol. The van der Waals surface area contributed by atoms with E-state index in [9.17, 15) is 18.0 Å². The van der Waals surface area contributed by atoms with Crippen molar-refractivity contribution < 1.29 is 27.8 Å². The maximum Gasteiger partial charge on any atom is 0.416 e. The number of carbonyl (C=O) groups is 1. The molecule has 0 aliphatic heterocycles. The van der Waals surface area contributed by atoms with E-state index in [0.29, 0.717) is 0 Å². The van der Waals surface area contributed by atoms with Crippen LogP contribution in [0.15, 0.2) is 16.6 Å². The minimum absolute atomic E-state index is 0.0262. The quantitative estimate of drug-likeness (QED) is 0.933. The summed E-state index contributed by atoms with van der Waals surface area (Å²) in [6.07, 6.45) is -5.06. The third-order valence-corrected chi connectivity index (χ3v) is 2.58. The largest absolute Gasteiger partial charge is 0.495 e. The van der Waals surface area contributed by atoms with Gasteiger partial charge in [0.2, 0.25) is 0 Å². The molecular weight excluding hydrogens is 305 g/mol. The van der Waals surface area contributed by atoms with E-state index >= 15 is 0 Å². The van der Waals surface area contributed by atoms with Crippen LogP contribution in [0.3, 0.4) is 0 Å². The fourth-order valence-electron chi connectivity index (χ4n) is 1.34. The Bertz CT molecular complexity index is 443. The van der Waals surface area contributed by atoms with Gasteiger partial charge in [0, 0.05) is 5.56 Å². The molecule has 0 radical (unpaired) electrons.